The van der Waals surface area contributed by atoms with Crippen molar-refractivity contribution in [2.24, 2.45) is 0 Å². The van der Waals surface area contributed by atoms with Crippen LogP contribution in [0.25, 0.3) is 0 Å². The molecule has 0 unspecified atom stereocenters. The van der Waals surface area contributed by atoms with Crippen LogP contribution in [0.15, 0.2) is 0 Å². The van der Waals surface area contributed by atoms with Gasteiger partial charge in [0.1, 0.15) is 317 Å². The van der Waals surface area contributed by atoms with E-state index in [9.17, 15) is 199 Å². The van der Waals surface area contributed by atoms with Gasteiger partial charge < -0.3 is 322 Å². The highest BCUT2D eigenvalue weighted by Crippen LogP contribution is 2.44. The summed E-state index contributed by atoms with van der Waals surface area (Å²) < 4.78 is 149. The third kappa shape index (κ3) is 23.4. The Bertz CT molecular complexity index is 3640. The van der Waals surface area contributed by atoms with Gasteiger partial charge in [0, 0.05) is 0 Å². The zero-order valence-electron chi connectivity index (χ0n) is 74.8. The fourth-order valence-electron chi connectivity index (χ4n) is 19.4. The van der Waals surface area contributed by atoms with Crippen molar-refractivity contribution in [3.63, 3.8) is 0 Å². The number of hydrogen-bond donors (Lipinski definition) is 39. The van der Waals surface area contributed by atoms with Gasteiger partial charge in [-0.15, -0.1) is 0 Å². The Kier molecular flexibility index (Phi) is 40.4. The van der Waals surface area contributed by atoms with Crippen LogP contribution >= 0.6 is 0 Å². The van der Waals surface area contributed by atoms with Crippen LogP contribution in [0.5, 0.6) is 0 Å². The molecule has 0 radical (unpaired) electrons. The minimum Gasteiger partial charge on any atom is -0.394 e. The molecule has 0 aromatic rings. The van der Waals surface area contributed by atoms with E-state index in [0.29, 0.717) is 0 Å². The Hall–Kier alpha value is -2.60. The molecule has 0 aliphatic carbocycles. The van der Waals surface area contributed by atoms with E-state index in [-0.39, 0.29) is 0 Å². The summed E-state index contributed by atoms with van der Waals surface area (Å²) in [6, 6.07) is 0. The van der Waals surface area contributed by atoms with Gasteiger partial charge in [-0.2, -0.15) is 0 Å². The van der Waals surface area contributed by atoms with Crippen molar-refractivity contribution in [1.29, 1.82) is 0 Å². The lowest BCUT2D eigenvalue weighted by Crippen LogP contribution is -2.69. The second-order valence-electron chi connectivity index (χ2n) is 36.5. The molecule has 26 bridgehead atoms. The van der Waals surface area contributed by atoms with E-state index in [1.54, 1.807) is 0 Å². The van der Waals surface area contributed by atoms with Gasteiger partial charge >= 0.3 is 0 Å². The summed E-state index contributed by atoms with van der Waals surface area (Å²) in [5.41, 5.74) is 0. The number of aliphatic hydroxyl groups is 39. The average Bonchev–Trinajstić information content (AvgIpc) is 0.769. The molecule has 0 aromatic carbocycles. The fraction of sp³-hybridized carbons (Fsp3) is 1.00. The second-order valence-corrected chi connectivity index (χ2v) is 36.5. The monoisotopic (exact) mass is 2110 g/mol. The maximum absolute atomic E-state index is 11.9. The summed E-state index contributed by atoms with van der Waals surface area (Å²) in [7, 11) is 0. The smallest absolute Gasteiger partial charge is 0.187 e. The predicted octanol–water partition coefficient (Wildman–Crippen LogP) is -28.3. The van der Waals surface area contributed by atoms with Crippen molar-refractivity contribution in [2.45, 2.75) is 399 Å². The number of ether oxygens (including phenoxy) is 26. The van der Waals surface area contributed by atoms with Crippen molar-refractivity contribution >= 4 is 0 Å². The lowest BCUT2D eigenvalue weighted by atomic mass is 9.94. The minimum atomic E-state index is -2.41. The van der Waals surface area contributed by atoms with Crippen LogP contribution in [0.1, 0.15) is 0 Å². The van der Waals surface area contributed by atoms with Gasteiger partial charge in [0.15, 0.2) is 81.8 Å². The summed E-state index contributed by atoms with van der Waals surface area (Å²) in [5, 5.41) is 439. The highest BCUT2D eigenvalue weighted by atomic mass is 16.8. The Morgan fingerprint density at radius 3 is 0.287 bits per heavy atom. The van der Waals surface area contributed by atoms with Gasteiger partial charge in [0.2, 0.25) is 0 Å². The third-order valence-electron chi connectivity index (χ3n) is 27.5. The van der Waals surface area contributed by atoms with E-state index < -0.39 is 485 Å². The molecule has 39 N–H and O–H groups in total. The highest BCUT2D eigenvalue weighted by molar-refractivity contribution is 5.07. The van der Waals surface area contributed by atoms with Gasteiger partial charge in [-0.05, 0) is 0 Å². The molecule has 832 valence electrons. The van der Waals surface area contributed by atoms with Crippen LogP contribution in [0.2, 0.25) is 0 Å². The molecule has 42 fully saturated rings. The van der Waals surface area contributed by atoms with E-state index in [0.717, 1.165) is 0 Å². The summed E-state index contributed by atoms with van der Waals surface area (Å²) in [5.74, 6) is 0. The van der Waals surface area contributed by atoms with E-state index >= 15 is 0 Å². The summed E-state index contributed by atoms with van der Waals surface area (Å²) in [4.78, 5) is 0. The average molecular weight is 2110 g/mol. The zero-order chi connectivity index (χ0) is 104. The fourth-order valence-corrected chi connectivity index (χ4v) is 19.4. The molecule has 0 aromatic heterocycles. The molecule has 42 saturated heterocycles. The molecule has 143 heavy (non-hydrogen) atoms. The first-order chi connectivity index (χ1) is 68.1. The maximum atomic E-state index is 11.9. The molecule has 42 rings (SSSR count). The van der Waals surface area contributed by atoms with Crippen LogP contribution in [0.4, 0.5) is 0 Å². The first-order valence-corrected chi connectivity index (χ1v) is 45.7. The SMILES string of the molecule is OC[C@H]1O[C@@H]2O[C@H]3[C@H](O)[C@@H](O)[C@@H](O[C@H]4[C@H](O)[C@@H](O)[C@@H](O[C@H]5[C@H](O)[C@@H](O)[C@@H](O[C@H]6[C@H](O)[C@@H](O)[C@@H](O[C@H]7[C@H](O)[C@@H](O)[C@@H](O[C@H]8[C@H](O)[C@@H](O[C@H]9[C@H](O)[C@@H](O)[C@@H](O[C@H]%10[C@H](O)[C@@H](O)[C@@H](O[C@H]%11[C@H](O)[C@@H](O)[C@@H](O[C@H]%12[C@H](O)[C@@H](O)[C@@H](O[C@H]%13[C@H](O)[C@@H](O)[C@@H](O[C@H]%14[C@H](O)[C@@H](O)[C@@H](O[C@H]1[C@H](O)[C@H]2O)O[C@@H]%14CO)O[C@@H]%13CO)O[C@@H]%12CO)O[C@@H]%11CO)O[C@@H]%10CO)O[C@@H]9CO)[C@@H](O)O[C@@H]8CO)O[C@@H]7CO)O[C@@H]6CO)O[C@@H]5CO)O[C@@H]4CO)O[C@@H]3CO. The third-order valence-corrected chi connectivity index (χ3v) is 27.5. The molecule has 42 aliphatic heterocycles. The number of aliphatic hydroxyl groups excluding tert-OH is 39. The summed E-state index contributed by atoms with van der Waals surface area (Å²) in [6.07, 6.45) is -142. The van der Waals surface area contributed by atoms with Crippen LogP contribution in [-0.2, 0) is 123 Å². The van der Waals surface area contributed by atoms with Crippen molar-refractivity contribution in [3.8, 4) is 0 Å². The maximum Gasteiger partial charge on any atom is 0.187 e. The van der Waals surface area contributed by atoms with Crippen molar-refractivity contribution in [3.05, 3.63) is 0 Å². The van der Waals surface area contributed by atoms with Crippen molar-refractivity contribution in [2.75, 3.05) is 85.9 Å². The molecule has 65 atom stereocenters. The van der Waals surface area contributed by atoms with Crippen LogP contribution in [0, 0.1) is 0 Å². The lowest BCUT2D eigenvalue weighted by molar-refractivity contribution is -0.403. The van der Waals surface area contributed by atoms with Crippen LogP contribution in [-0.4, -0.2) is 684 Å². The molecule has 65 heteroatoms. The Labute approximate surface area is 805 Å². The topological polar surface area (TPSA) is 1030 Å². The van der Waals surface area contributed by atoms with E-state index in [1.165, 1.54) is 0 Å². The minimum absolute atomic E-state index is 1.15. The molecule has 42 heterocycles. The molecule has 0 amide bonds. The molecule has 0 saturated carbocycles. The second kappa shape index (κ2) is 49.9. The number of hydrogen-bond acceptors (Lipinski definition) is 65. The zero-order valence-corrected chi connectivity index (χ0v) is 74.8. The standard InChI is InChI=1S/C78H130O65/c79-1-14-64-51(116)65(66(117)118-14)131-52-15(2-80)119-67(39(104)27(52)92)132-53-16(3-81)120-68(40(105)28(53)93)133-54-17(4-82)121-69(41(106)29(54)94)134-55-18(5-83)122-70(42(107)30(55)95)135-56-19(6-84)123-71(43(108)31(56)96)136-57-20(7-85)124-72(44(109)32(57)97)137-58-21(8-86)125-73(45(110)33(58)98)138-59-22(9-87)126-74(46(111)34(59)99)139-60-23(10-88)127-75(47(112)35(60)100)140-61-24(11-89)128-76(48(113)36(61)101)141-62-25(12-90)129-77(49(114)37(62)102)142-63-26(13-91)130-78(143-64)50(115)38(63)103/h14-117H,1-13H2/t14-,15-,16-,17-,18-,19-,20-,21-,22-,23-,24-,25-,26-,27-,28-,29-,30-,31-,32-,33-,34-,35-,36-,37-,38-,39-,40-,41-,42-,43-,44-,45-,46-,47-,48-,49-,50-,51+,52-,53-,54-,55-,56-,57-,58-,59-,60-,61-,62-,63-,64-,65-,66+,67-,68-,69-,70-,71-,72-,73-,74-,75-,76-,77-,78-/m1/s1. The van der Waals surface area contributed by atoms with Gasteiger partial charge in [0.25, 0.3) is 0 Å². The molecule has 0 spiro atoms. The van der Waals surface area contributed by atoms with Crippen molar-refractivity contribution in [1.82, 2.24) is 0 Å². The molecule has 65 nitrogen and oxygen atoms in total. The quantitative estimate of drug-likeness (QED) is 0.0814. The Balaban J connectivity index is 0.676. The first-order valence-electron chi connectivity index (χ1n) is 45.7. The normalized spacial score (nSPS) is 55.4. The van der Waals surface area contributed by atoms with Gasteiger partial charge in [0.05, 0.1) is 85.9 Å². The largest absolute Gasteiger partial charge is 0.394 e. The predicted molar refractivity (Wildman–Crippen MR) is 424 cm³/mol. The summed E-state index contributed by atoms with van der Waals surface area (Å²) >= 11 is 0. The first kappa shape index (κ1) is 116. The van der Waals surface area contributed by atoms with Gasteiger partial charge in [-0.1, -0.05) is 0 Å². The Morgan fingerprint density at radius 1 is 0.0909 bits per heavy atom. The van der Waals surface area contributed by atoms with Crippen LogP contribution in [0.3, 0.4) is 0 Å². The number of rotatable bonds is 13. The van der Waals surface area contributed by atoms with E-state index in [1.807, 2.05) is 0 Å². The summed E-state index contributed by atoms with van der Waals surface area (Å²) in [6.45, 7) is -15.4. The molecule has 42 aliphatic rings. The van der Waals surface area contributed by atoms with Crippen molar-refractivity contribution < 1.29 is 322 Å². The van der Waals surface area contributed by atoms with E-state index in [4.69, 9.17) is 123 Å². The Morgan fingerprint density at radius 2 is 0.182 bits per heavy atom. The van der Waals surface area contributed by atoms with Gasteiger partial charge in [-0.3, -0.25) is 0 Å². The van der Waals surface area contributed by atoms with Gasteiger partial charge in [-0.25, -0.2) is 0 Å². The molecular formula is C78H130O65. The highest BCUT2D eigenvalue weighted by Gasteiger charge is 2.65. The van der Waals surface area contributed by atoms with E-state index in [2.05, 4.69) is 0 Å². The molecular weight excluding hydrogens is 1980 g/mol. The van der Waals surface area contributed by atoms with Crippen LogP contribution < -0.4 is 0 Å². The lowest BCUT2D eigenvalue weighted by Gasteiger charge is -2.50.